The van der Waals surface area contributed by atoms with Crippen LogP contribution in [0.2, 0.25) is 0 Å². The lowest BCUT2D eigenvalue weighted by Gasteiger charge is -2.09. The third-order valence-corrected chi connectivity index (χ3v) is 5.62. The number of fused-ring (bicyclic) bond motifs is 1. The van der Waals surface area contributed by atoms with Gasteiger partial charge in [0.2, 0.25) is 5.65 Å². The second-order valence-corrected chi connectivity index (χ2v) is 7.60. The highest BCUT2D eigenvalue weighted by Crippen LogP contribution is 2.25. The van der Waals surface area contributed by atoms with E-state index in [2.05, 4.69) is 37.2 Å². The molecule has 27 heavy (non-hydrogen) atoms. The number of nitrogens with zero attached hydrogens (tertiary/aromatic N) is 5. The van der Waals surface area contributed by atoms with Crippen LogP contribution in [0.25, 0.3) is 16.9 Å². The molecule has 4 rings (SSSR count). The van der Waals surface area contributed by atoms with Crippen LogP contribution < -0.4 is 10.1 Å². The molecule has 0 spiro atoms. The largest absolute Gasteiger partial charge is 0.497 e. The van der Waals surface area contributed by atoms with E-state index in [-0.39, 0.29) is 0 Å². The summed E-state index contributed by atoms with van der Waals surface area (Å²) in [6, 6.07) is 9.79. The van der Waals surface area contributed by atoms with E-state index in [1.165, 1.54) is 0 Å². The first-order chi connectivity index (χ1) is 13.3. The number of ether oxygens (including phenoxy) is 1. The van der Waals surface area contributed by atoms with Gasteiger partial charge in [0, 0.05) is 16.7 Å². The first kappa shape index (κ1) is 17.7. The Balaban J connectivity index is 1.61. The Morgan fingerprint density at radius 3 is 2.89 bits per heavy atom. The molecule has 4 aromatic rings. The number of anilines is 1. The number of hydrogen-bond donors (Lipinski definition) is 1. The molecule has 0 radical (unpaired) electrons. The zero-order valence-electron chi connectivity index (χ0n) is 14.9. The number of aromatic nitrogens is 5. The highest BCUT2D eigenvalue weighted by atomic mass is 32.2. The summed E-state index contributed by atoms with van der Waals surface area (Å²) in [6.07, 6.45) is 3.69. The number of hydrogen-bond acceptors (Lipinski definition) is 8. The number of rotatable bonds is 7. The van der Waals surface area contributed by atoms with Gasteiger partial charge in [-0.2, -0.15) is 21.4 Å². The Bertz CT molecular complexity index is 1040. The van der Waals surface area contributed by atoms with Gasteiger partial charge in [-0.05, 0) is 36.6 Å². The van der Waals surface area contributed by atoms with Crippen molar-refractivity contribution in [1.82, 2.24) is 24.8 Å². The van der Waals surface area contributed by atoms with Crippen molar-refractivity contribution >= 4 is 34.4 Å². The molecule has 138 valence electrons. The van der Waals surface area contributed by atoms with Gasteiger partial charge in [0.1, 0.15) is 17.1 Å². The maximum Gasteiger partial charge on any atom is 0.200 e. The highest BCUT2D eigenvalue weighted by molar-refractivity contribution is 7.97. The average Bonchev–Trinajstić information content (AvgIpc) is 3.35. The minimum absolute atomic E-state index is 0.624. The van der Waals surface area contributed by atoms with Crippen LogP contribution >= 0.6 is 23.1 Å². The maximum absolute atomic E-state index is 5.23. The zero-order chi connectivity index (χ0) is 18.6. The van der Waals surface area contributed by atoms with E-state index in [4.69, 9.17) is 4.74 Å². The summed E-state index contributed by atoms with van der Waals surface area (Å²) in [7, 11) is 1.65. The average molecular weight is 399 g/mol. The van der Waals surface area contributed by atoms with Crippen LogP contribution in [0.1, 0.15) is 10.7 Å². The van der Waals surface area contributed by atoms with Crippen molar-refractivity contribution in [2.24, 2.45) is 0 Å². The predicted octanol–water partition coefficient (Wildman–Crippen LogP) is 3.73. The summed E-state index contributed by atoms with van der Waals surface area (Å²) < 4.78 is 6.91. The van der Waals surface area contributed by atoms with Crippen LogP contribution in [-0.4, -0.2) is 38.2 Å². The number of thiazole rings is 1. The molecule has 3 aromatic heterocycles. The van der Waals surface area contributed by atoms with Crippen molar-refractivity contribution in [1.29, 1.82) is 0 Å². The van der Waals surface area contributed by atoms with E-state index in [0.29, 0.717) is 12.2 Å². The number of methoxy groups -OCH3 is 1. The Morgan fingerprint density at radius 2 is 2.11 bits per heavy atom. The van der Waals surface area contributed by atoms with E-state index in [1.807, 2.05) is 30.3 Å². The topological polar surface area (TPSA) is 77.2 Å². The second-order valence-electron chi connectivity index (χ2n) is 5.79. The first-order valence-corrected chi connectivity index (χ1v) is 10.6. The highest BCUT2D eigenvalue weighted by Gasteiger charge is 2.11. The molecule has 7 nitrogen and oxygen atoms in total. The molecule has 0 aliphatic rings. The molecule has 1 N–H and O–H groups in total. The van der Waals surface area contributed by atoms with Gasteiger partial charge in [0.05, 0.1) is 30.7 Å². The Morgan fingerprint density at radius 1 is 1.26 bits per heavy atom. The van der Waals surface area contributed by atoms with Crippen LogP contribution in [-0.2, 0) is 12.3 Å². The minimum atomic E-state index is 0.624. The molecule has 0 aliphatic carbocycles. The fourth-order valence-electron chi connectivity index (χ4n) is 2.67. The smallest absolute Gasteiger partial charge is 0.200 e. The monoisotopic (exact) mass is 398 g/mol. The van der Waals surface area contributed by atoms with Gasteiger partial charge in [-0.3, -0.25) is 0 Å². The van der Waals surface area contributed by atoms with Gasteiger partial charge in [0.15, 0.2) is 0 Å². The molecule has 1 aromatic carbocycles. The minimum Gasteiger partial charge on any atom is -0.497 e. The Labute approximate surface area is 164 Å². The van der Waals surface area contributed by atoms with Crippen LogP contribution in [0.15, 0.2) is 42.0 Å². The molecule has 0 bridgehead atoms. The fourth-order valence-corrected chi connectivity index (χ4v) is 4.18. The molecule has 0 fully saturated rings. The fraction of sp³-hybridized carbons (Fsp3) is 0.222. The van der Waals surface area contributed by atoms with Gasteiger partial charge in [-0.15, -0.1) is 21.5 Å². The molecule has 0 aliphatic heterocycles. The molecule has 0 atom stereocenters. The Kier molecular flexibility index (Phi) is 5.21. The van der Waals surface area contributed by atoms with Crippen molar-refractivity contribution in [2.75, 3.05) is 18.7 Å². The second kappa shape index (κ2) is 7.93. The SMILES string of the molecule is COc1ccc(-c2cc(NCc3csc(CSC)n3)c3nncn3n2)cc1. The molecule has 0 unspecified atom stereocenters. The zero-order valence-corrected chi connectivity index (χ0v) is 16.5. The third kappa shape index (κ3) is 3.88. The van der Waals surface area contributed by atoms with E-state index >= 15 is 0 Å². The van der Waals surface area contributed by atoms with Gasteiger partial charge in [-0.25, -0.2) is 4.98 Å². The quantitative estimate of drug-likeness (QED) is 0.508. The normalized spacial score (nSPS) is 11.0. The van der Waals surface area contributed by atoms with Crippen LogP contribution in [0.3, 0.4) is 0 Å². The third-order valence-electron chi connectivity index (χ3n) is 3.98. The van der Waals surface area contributed by atoms with Crippen LogP contribution in [0.5, 0.6) is 5.75 Å². The van der Waals surface area contributed by atoms with E-state index < -0.39 is 0 Å². The molecule has 9 heteroatoms. The molecule has 0 saturated heterocycles. The van der Waals surface area contributed by atoms with Crippen LogP contribution in [0.4, 0.5) is 5.69 Å². The van der Waals surface area contributed by atoms with Gasteiger partial charge in [0.25, 0.3) is 0 Å². The summed E-state index contributed by atoms with van der Waals surface area (Å²) in [4.78, 5) is 4.65. The van der Waals surface area contributed by atoms with Gasteiger partial charge >= 0.3 is 0 Å². The lowest BCUT2D eigenvalue weighted by molar-refractivity contribution is 0.415. The number of benzene rings is 1. The number of thioether (sulfide) groups is 1. The lowest BCUT2D eigenvalue weighted by Crippen LogP contribution is -2.04. The molecular formula is C18H18N6OS2. The lowest BCUT2D eigenvalue weighted by atomic mass is 10.1. The van der Waals surface area contributed by atoms with Crippen molar-refractivity contribution in [3.8, 4) is 17.0 Å². The van der Waals surface area contributed by atoms with Crippen molar-refractivity contribution in [2.45, 2.75) is 12.3 Å². The Hall–Kier alpha value is -2.65. The predicted molar refractivity (Wildman–Crippen MR) is 109 cm³/mol. The van der Waals surface area contributed by atoms with E-state index in [9.17, 15) is 0 Å². The van der Waals surface area contributed by atoms with Crippen molar-refractivity contribution < 1.29 is 4.74 Å². The molecule has 3 heterocycles. The summed E-state index contributed by atoms with van der Waals surface area (Å²) >= 11 is 3.47. The van der Waals surface area contributed by atoms with E-state index in [0.717, 1.165) is 39.1 Å². The van der Waals surface area contributed by atoms with Crippen molar-refractivity contribution in [3.63, 3.8) is 0 Å². The molecule has 0 saturated carbocycles. The summed E-state index contributed by atoms with van der Waals surface area (Å²) in [5, 5.41) is 19.4. The molecule has 0 amide bonds. The first-order valence-electron chi connectivity index (χ1n) is 8.28. The number of nitrogens with one attached hydrogen (secondary N) is 1. The van der Waals surface area contributed by atoms with E-state index in [1.54, 1.807) is 41.1 Å². The van der Waals surface area contributed by atoms with Crippen molar-refractivity contribution in [3.05, 3.63) is 52.7 Å². The summed E-state index contributed by atoms with van der Waals surface area (Å²) in [6.45, 7) is 0.624. The molecular weight excluding hydrogens is 380 g/mol. The maximum atomic E-state index is 5.23. The summed E-state index contributed by atoms with van der Waals surface area (Å²) in [5.41, 5.74) is 4.39. The summed E-state index contributed by atoms with van der Waals surface area (Å²) in [5.74, 6) is 1.75. The van der Waals surface area contributed by atoms with Crippen LogP contribution in [0, 0.1) is 0 Å². The standard InChI is InChI=1S/C18H18N6OS2/c1-25-14-5-3-12(4-6-14)15-7-16(18-22-20-11-24(18)23-15)19-8-13-9-27-17(21-13)10-26-2/h3-7,9,11,19H,8,10H2,1-2H3. The van der Waals surface area contributed by atoms with Gasteiger partial charge < -0.3 is 10.1 Å². The van der Waals surface area contributed by atoms with Gasteiger partial charge in [-0.1, -0.05) is 0 Å².